The highest BCUT2D eigenvalue weighted by molar-refractivity contribution is 5.04. The molecule has 1 aromatic heterocycles. The van der Waals surface area contributed by atoms with Crippen molar-refractivity contribution in [1.82, 2.24) is 14.7 Å². The van der Waals surface area contributed by atoms with Gasteiger partial charge in [0.15, 0.2) is 0 Å². The standard InChI is InChI=1S/C11H19N3/c1-9(2)11-7-14(8-11)6-10-4-12-13(3)5-10/h4-5,9,11H,6-8H2,1-3H3. The molecule has 1 aromatic rings. The van der Waals surface area contributed by atoms with Crippen LogP contribution in [0.25, 0.3) is 0 Å². The molecule has 1 saturated heterocycles. The SMILES string of the molecule is CC(C)C1CN(Cc2cnn(C)c2)C1. The summed E-state index contributed by atoms with van der Waals surface area (Å²) in [7, 11) is 1.97. The highest BCUT2D eigenvalue weighted by Crippen LogP contribution is 2.24. The topological polar surface area (TPSA) is 21.1 Å². The van der Waals surface area contributed by atoms with Crippen LogP contribution < -0.4 is 0 Å². The Morgan fingerprint density at radius 1 is 1.50 bits per heavy atom. The van der Waals surface area contributed by atoms with Gasteiger partial charge in [0.25, 0.3) is 0 Å². The van der Waals surface area contributed by atoms with Crippen LogP contribution in [-0.4, -0.2) is 27.8 Å². The second-order valence-corrected chi connectivity index (χ2v) is 4.72. The van der Waals surface area contributed by atoms with Gasteiger partial charge in [-0.1, -0.05) is 13.8 Å². The first-order chi connectivity index (χ1) is 6.65. The van der Waals surface area contributed by atoms with E-state index in [0.717, 1.165) is 18.4 Å². The molecule has 14 heavy (non-hydrogen) atoms. The Kier molecular flexibility index (Phi) is 2.59. The minimum absolute atomic E-state index is 0.833. The zero-order valence-corrected chi connectivity index (χ0v) is 9.27. The number of hydrogen-bond donors (Lipinski definition) is 0. The first-order valence-electron chi connectivity index (χ1n) is 5.35. The molecule has 0 N–H and O–H groups in total. The first kappa shape index (κ1) is 9.71. The minimum atomic E-state index is 0.833. The molecule has 0 unspecified atom stereocenters. The summed E-state index contributed by atoms with van der Waals surface area (Å²) < 4.78 is 1.87. The molecule has 0 saturated carbocycles. The number of hydrogen-bond acceptors (Lipinski definition) is 2. The second kappa shape index (κ2) is 3.73. The molecule has 0 amide bonds. The summed E-state index contributed by atoms with van der Waals surface area (Å²) in [4.78, 5) is 2.49. The lowest BCUT2D eigenvalue weighted by Crippen LogP contribution is -2.48. The van der Waals surface area contributed by atoms with E-state index in [9.17, 15) is 0 Å². The summed E-state index contributed by atoms with van der Waals surface area (Å²) in [6.45, 7) is 8.20. The monoisotopic (exact) mass is 193 g/mol. The van der Waals surface area contributed by atoms with Gasteiger partial charge < -0.3 is 0 Å². The van der Waals surface area contributed by atoms with E-state index in [1.165, 1.54) is 18.7 Å². The van der Waals surface area contributed by atoms with Crippen LogP contribution in [0.4, 0.5) is 0 Å². The lowest BCUT2D eigenvalue weighted by Gasteiger charge is -2.41. The number of nitrogens with zero attached hydrogens (tertiary/aromatic N) is 3. The largest absolute Gasteiger partial charge is 0.298 e. The molecule has 3 heteroatoms. The highest BCUT2D eigenvalue weighted by atomic mass is 15.2. The summed E-state index contributed by atoms with van der Waals surface area (Å²) in [5, 5.41) is 4.17. The van der Waals surface area contributed by atoms with Crippen LogP contribution in [0, 0.1) is 11.8 Å². The van der Waals surface area contributed by atoms with Gasteiger partial charge in [-0.15, -0.1) is 0 Å². The Balaban J connectivity index is 1.79. The zero-order valence-electron chi connectivity index (χ0n) is 9.27. The molecule has 0 aromatic carbocycles. The van der Waals surface area contributed by atoms with Crippen molar-refractivity contribution < 1.29 is 0 Å². The Morgan fingerprint density at radius 2 is 2.21 bits per heavy atom. The highest BCUT2D eigenvalue weighted by Gasteiger charge is 2.28. The van der Waals surface area contributed by atoms with Gasteiger partial charge in [0, 0.05) is 38.4 Å². The normalized spacial score (nSPS) is 18.9. The van der Waals surface area contributed by atoms with Gasteiger partial charge in [0.05, 0.1) is 6.20 Å². The summed E-state index contributed by atoms with van der Waals surface area (Å²) in [5.41, 5.74) is 1.33. The molecule has 1 aliphatic heterocycles. The molecule has 0 atom stereocenters. The van der Waals surface area contributed by atoms with Crippen LogP contribution in [0.1, 0.15) is 19.4 Å². The molecule has 2 rings (SSSR count). The van der Waals surface area contributed by atoms with E-state index in [4.69, 9.17) is 0 Å². The van der Waals surface area contributed by atoms with Crippen molar-refractivity contribution in [3.05, 3.63) is 18.0 Å². The van der Waals surface area contributed by atoms with E-state index in [0.29, 0.717) is 0 Å². The summed E-state index contributed by atoms with van der Waals surface area (Å²) >= 11 is 0. The molecule has 0 spiro atoms. The van der Waals surface area contributed by atoms with Gasteiger partial charge in [-0.25, -0.2) is 0 Å². The van der Waals surface area contributed by atoms with E-state index >= 15 is 0 Å². The fourth-order valence-corrected chi connectivity index (χ4v) is 1.97. The van der Waals surface area contributed by atoms with Crippen LogP contribution in [0.5, 0.6) is 0 Å². The van der Waals surface area contributed by atoms with E-state index in [-0.39, 0.29) is 0 Å². The molecular weight excluding hydrogens is 174 g/mol. The van der Waals surface area contributed by atoms with Crippen molar-refractivity contribution in [2.24, 2.45) is 18.9 Å². The predicted molar refractivity (Wildman–Crippen MR) is 56.8 cm³/mol. The number of aromatic nitrogens is 2. The number of likely N-dealkylation sites (tertiary alicyclic amines) is 1. The van der Waals surface area contributed by atoms with Crippen LogP contribution in [0.15, 0.2) is 12.4 Å². The van der Waals surface area contributed by atoms with Gasteiger partial charge in [-0.3, -0.25) is 9.58 Å². The van der Waals surface area contributed by atoms with Crippen molar-refractivity contribution in [2.45, 2.75) is 20.4 Å². The Bertz CT molecular complexity index is 297. The Labute approximate surface area is 85.7 Å². The summed E-state index contributed by atoms with van der Waals surface area (Å²) in [5.74, 6) is 1.74. The van der Waals surface area contributed by atoms with E-state index in [1.807, 2.05) is 17.9 Å². The van der Waals surface area contributed by atoms with Crippen molar-refractivity contribution in [1.29, 1.82) is 0 Å². The Hall–Kier alpha value is -0.830. The van der Waals surface area contributed by atoms with Gasteiger partial charge in [-0.05, 0) is 11.8 Å². The average Bonchev–Trinajstić information content (AvgIpc) is 2.42. The van der Waals surface area contributed by atoms with Crippen molar-refractivity contribution in [2.75, 3.05) is 13.1 Å². The first-order valence-corrected chi connectivity index (χ1v) is 5.35. The Morgan fingerprint density at radius 3 is 2.71 bits per heavy atom. The average molecular weight is 193 g/mol. The molecule has 0 aliphatic carbocycles. The van der Waals surface area contributed by atoms with Crippen LogP contribution in [0.3, 0.4) is 0 Å². The lowest BCUT2D eigenvalue weighted by molar-refractivity contribution is 0.0614. The fraction of sp³-hybridized carbons (Fsp3) is 0.727. The molecule has 1 aliphatic rings. The van der Waals surface area contributed by atoms with Gasteiger partial charge >= 0.3 is 0 Å². The van der Waals surface area contributed by atoms with E-state index < -0.39 is 0 Å². The van der Waals surface area contributed by atoms with Crippen molar-refractivity contribution >= 4 is 0 Å². The third-order valence-corrected chi connectivity index (χ3v) is 3.09. The molecule has 2 heterocycles. The van der Waals surface area contributed by atoms with Gasteiger partial charge in [0.2, 0.25) is 0 Å². The summed E-state index contributed by atoms with van der Waals surface area (Å²) in [6, 6.07) is 0. The third kappa shape index (κ3) is 1.98. The second-order valence-electron chi connectivity index (χ2n) is 4.72. The molecular formula is C11H19N3. The number of aryl methyl sites for hydroxylation is 1. The fourth-order valence-electron chi connectivity index (χ4n) is 1.97. The lowest BCUT2D eigenvalue weighted by atomic mass is 9.88. The maximum atomic E-state index is 4.17. The van der Waals surface area contributed by atoms with E-state index in [2.05, 4.69) is 30.0 Å². The zero-order chi connectivity index (χ0) is 10.1. The maximum Gasteiger partial charge on any atom is 0.0534 e. The summed E-state index contributed by atoms with van der Waals surface area (Å²) in [6.07, 6.45) is 4.06. The number of rotatable bonds is 3. The van der Waals surface area contributed by atoms with Crippen LogP contribution >= 0.6 is 0 Å². The van der Waals surface area contributed by atoms with E-state index in [1.54, 1.807) is 0 Å². The molecule has 0 bridgehead atoms. The molecule has 1 fully saturated rings. The van der Waals surface area contributed by atoms with Crippen LogP contribution in [0.2, 0.25) is 0 Å². The van der Waals surface area contributed by atoms with Crippen LogP contribution in [-0.2, 0) is 13.6 Å². The third-order valence-electron chi connectivity index (χ3n) is 3.09. The maximum absolute atomic E-state index is 4.17. The van der Waals surface area contributed by atoms with Gasteiger partial charge in [0.1, 0.15) is 0 Å². The molecule has 3 nitrogen and oxygen atoms in total. The molecule has 78 valence electrons. The quantitative estimate of drug-likeness (QED) is 0.725. The smallest absolute Gasteiger partial charge is 0.0534 e. The van der Waals surface area contributed by atoms with Crippen molar-refractivity contribution in [3.8, 4) is 0 Å². The van der Waals surface area contributed by atoms with Crippen molar-refractivity contribution in [3.63, 3.8) is 0 Å². The molecule has 0 radical (unpaired) electrons. The predicted octanol–water partition coefficient (Wildman–Crippen LogP) is 1.51. The van der Waals surface area contributed by atoms with Gasteiger partial charge in [-0.2, -0.15) is 5.10 Å². The minimum Gasteiger partial charge on any atom is -0.298 e.